The number of hydrogen-bond donors (Lipinski definition) is 2. The molecule has 22 heavy (non-hydrogen) atoms. The molecule has 2 aromatic carbocycles. The van der Waals surface area contributed by atoms with Gasteiger partial charge in [0, 0.05) is 16.3 Å². The number of halogens is 1. The molecule has 6 heteroatoms. The normalized spacial score (nSPS) is 10.6. The summed E-state index contributed by atoms with van der Waals surface area (Å²) in [5.74, 6) is 0.119. The molecule has 0 unspecified atom stereocenters. The van der Waals surface area contributed by atoms with E-state index in [0.717, 1.165) is 5.56 Å². The van der Waals surface area contributed by atoms with E-state index in [1.54, 1.807) is 24.3 Å². The second-order valence-corrected chi connectivity index (χ2v) is 5.07. The van der Waals surface area contributed by atoms with Crippen molar-refractivity contribution in [1.29, 1.82) is 0 Å². The molecule has 0 aliphatic carbocycles. The van der Waals surface area contributed by atoms with Gasteiger partial charge < -0.3 is 15.3 Å². The predicted molar refractivity (Wildman–Crippen MR) is 86.1 cm³/mol. The maximum absolute atomic E-state index is 11.9. The van der Waals surface area contributed by atoms with E-state index >= 15 is 0 Å². The van der Waals surface area contributed by atoms with Gasteiger partial charge in [0.2, 0.25) is 0 Å². The summed E-state index contributed by atoms with van der Waals surface area (Å²) < 4.78 is 5.44. The minimum absolute atomic E-state index is 0.165. The molecular formula is C16H15ClN2O3. The Kier molecular flexibility index (Phi) is 5.38. The van der Waals surface area contributed by atoms with Crippen LogP contribution in [0.4, 0.5) is 5.69 Å². The third-order valence-electron chi connectivity index (χ3n) is 2.83. The fourth-order valence-corrected chi connectivity index (χ4v) is 2.06. The summed E-state index contributed by atoms with van der Waals surface area (Å²) in [6.45, 7) is 1.78. The first-order chi connectivity index (χ1) is 10.6. The zero-order valence-electron chi connectivity index (χ0n) is 11.9. The van der Waals surface area contributed by atoms with Crippen molar-refractivity contribution in [3.63, 3.8) is 0 Å². The highest BCUT2D eigenvalue weighted by Crippen LogP contribution is 2.21. The monoisotopic (exact) mass is 318 g/mol. The Morgan fingerprint density at radius 2 is 2.18 bits per heavy atom. The average Bonchev–Trinajstić information content (AvgIpc) is 2.47. The molecule has 0 spiro atoms. The van der Waals surface area contributed by atoms with Gasteiger partial charge in [-0.3, -0.25) is 4.79 Å². The van der Waals surface area contributed by atoms with Gasteiger partial charge in [-0.1, -0.05) is 28.9 Å². The Balaban J connectivity index is 1.99. The summed E-state index contributed by atoms with van der Waals surface area (Å²) in [5.41, 5.74) is 2.25. The number of aryl methyl sites for hydroxylation is 1. The molecule has 114 valence electrons. The van der Waals surface area contributed by atoms with Gasteiger partial charge in [0.05, 0.1) is 6.21 Å². The highest BCUT2D eigenvalue weighted by atomic mass is 35.5. The van der Waals surface area contributed by atoms with Gasteiger partial charge in [-0.25, -0.2) is 0 Å². The largest absolute Gasteiger partial charge is 0.483 e. The molecule has 0 fully saturated rings. The summed E-state index contributed by atoms with van der Waals surface area (Å²) in [4.78, 5) is 11.9. The van der Waals surface area contributed by atoms with E-state index in [1.807, 2.05) is 25.1 Å². The van der Waals surface area contributed by atoms with E-state index in [1.165, 1.54) is 6.21 Å². The Morgan fingerprint density at radius 3 is 2.91 bits per heavy atom. The van der Waals surface area contributed by atoms with Crippen LogP contribution in [0.1, 0.15) is 11.1 Å². The fraction of sp³-hybridized carbons (Fsp3) is 0.125. The van der Waals surface area contributed by atoms with Crippen molar-refractivity contribution >= 4 is 29.4 Å². The van der Waals surface area contributed by atoms with Crippen molar-refractivity contribution in [2.75, 3.05) is 11.9 Å². The van der Waals surface area contributed by atoms with Gasteiger partial charge in [0.1, 0.15) is 5.75 Å². The van der Waals surface area contributed by atoms with Crippen molar-refractivity contribution in [1.82, 2.24) is 0 Å². The van der Waals surface area contributed by atoms with Crippen LogP contribution in [0.25, 0.3) is 0 Å². The third-order valence-corrected chi connectivity index (χ3v) is 3.06. The maximum Gasteiger partial charge on any atom is 0.262 e. The van der Waals surface area contributed by atoms with Crippen LogP contribution in [0.15, 0.2) is 47.6 Å². The lowest BCUT2D eigenvalue weighted by Gasteiger charge is -2.10. The van der Waals surface area contributed by atoms with Gasteiger partial charge >= 0.3 is 0 Å². The molecule has 0 aliphatic rings. The Bertz CT molecular complexity index is 702. The van der Waals surface area contributed by atoms with Crippen LogP contribution < -0.4 is 10.1 Å². The van der Waals surface area contributed by atoms with Crippen LogP contribution in [-0.4, -0.2) is 23.9 Å². The molecule has 0 saturated heterocycles. The molecule has 5 nitrogen and oxygen atoms in total. The Hall–Kier alpha value is -2.53. The van der Waals surface area contributed by atoms with Crippen molar-refractivity contribution in [3.05, 3.63) is 58.6 Å². The molecule has 1 amide bonds. The topological polar surface area (TPSA) is 70.9 Å². The lowest BCUT2D eigenvalue weighted by atomic mass is 10.2. The number of nitrogens with zero attached hydrogens (tertiary/aromatic N) is 1. The first-order valence-corrected chi connectivity index (χ1v) is 6.92. The summed E-state index contributed by atoms with van der Waals surface area (Å²) >= 11 is 5.86. The maximum atomic E-state index is 11.9. The lowest BCUT2D eigenvalue weighted by molar-refractivity contribution is -0.118. The minimum atomic E-state index is -0.285. The van der Waals surface area contributed by atoms with Crippen molar-refractivity contribution < 1.29 is 14.7 Å². The first-order valence-electron chi connectivity index (χ1n) is 6.55. The van der Waals surface area contributed by atoms with E-state index in [4.69, 9.17) is 21.5 Å². The number of carbonyl (C=O) groups is 1. The average molecular weight is 319 g/mol. The number of nitrogens with one attached hydrogen (secondary N) is 1. The Labute approximate surface area is 133 Å². The summed E-state index contributed by atoms with van der Waals surface area (Å²) in [6, 6.07) is 12.3. The van der Waals surface area contributed by atoms with Gasteiger partial charge in [0.25, 0.3) is 5.91 Å². The van der Waals surface area contributed by atoms with Crippen molar-refractivity contribution in [3.8, 4) is 5.75 Å². The number of amides is 1. The quantitative estimate of drug-likeness (QED) is 0.504. The van der Waals surface area contributed by atoms with E-state index in [-0.39, 0.29) is 12.5 Å². The molecule has 2 rings (SSSR count). The van der Waals surface area contributed by atoms with Crippen LogP contribution >= 0.6 is 11.6 Å². The number of anilines is 1. The van der Waals surface area contributed by atoms with Gasteiger partial charge in [-0.05, 0) is 42.8 Å². The number of carbonyl (C=O) groups excluding carboxylic acids is 1. The van der Waals surface area contributed by atoms with Crippen LogP contribution in [0.5, 0.6) is 5.75 Å². The summed E-state index contributed by atoms with van der Waals surface area (Å²) in [7, 11) is 0. The summed E-state index contributed by atoms with van der Waals surface area (Å²) in [6.07, 6.45) is 1.19. The van der Waals surface area contributed by atoms with Crippen LogP contribution in [0.2, 0.25) is 5.02 Å². The van der Waals surface area contributed by atoms with E-state index in [0.29, 0.717) is 22.0 Å². The zero-order valence-corrected chi connectivity index (χ0v) is 12.7. The third kappa shape index (κ3) is 4.49. The molecule has 0 aromatic heterocycles. The van der Waals surface area contributed by atoms with Crippen molar-refractivity contribution in [2.24, 2.45) is 5.16 Å². The predicted octanol–water partition coefficient (Wildman–Crippen LogP) is 3.47. The smallest absolute Gasteiger partial charge is 0.262 e. The number of benzene rings is 2. The van der Waals surface area contributed by atoms with E-state index in [2.05, 4.69) is 10.5 Å². The molecular weight excluding hydrogens is 304 g/mol. The van der Waals surface area contributed by atoms with Gasteiger partial charge in [-0.2, -0.15) is 0 Å². The molecule has 0 atom stereocenters. The highest BCUT2D eigenvalue weighted by Gasteiger charge is 2.07. The molecule has 2 N–H and O–H groups in total. The number of rotatable bonds is 5. The van der Waals surface area contributed by atoms with Crippen molar-refractivity contribution in [2.45, 2.75) is 6.92 Å². The minimum Gasteiger partial charge on any atom is -0.483 e. The standard InChI is InChI=1S/C16H15ClN2O3/c1-11-3-2-4-14(7-11)19-16(20)10-22-15-6-5-13(17)8-12(15)9-18-21/h2-9,21H,10H2,1H3,(H,19,20)/b18-9+. The molecule has 0 saturated carbocycles. The molecule has 2 aromatic rings. The second kappa shape index (κ2) is 7.47. The Morgan fingerprint density at radius 1 is 1.36 bits per heavy atom. The molecule has 0 radical (unpaired) electrons. The lowest BCUT2D eigenvalue weighted by Crippen LogP contribution is -2.20. The van der Waals surface area contributed by atoms with Crippen LogP contribution in [0.3, 0.4) is 0 Å². The summed E-state index contributed by atoms with van der Waals surface area (Å²) in [5, 5.41) is 14.8. The number of oxime groups is 1. The zero-order chi connectivity index (χ0) is 15.9. The second-order valence-electron chi connectivity index (χ2n) is 4.63. The van der Waals surface area contributed by atoms with E-state index in [9.17, 15) is 4.79 Å². The van der Waals surface area contributed by atoms with Crippen LogP contribution in [-0.2, 0) is 4.79 Å². The molecule has 0 heterocycles. The molecule has 0 bridgehead atoms. The van der Waals surface area contributed by atoms with Gasteiger partial charge in [-0.15, -0.1) is 0 Å². The molecule has 0 aliphatic heterocycles. The number of hydrogen-bond acceptors (Lipinski definition) is 4. The van der Waals surface area contributed by atoms with E-state index < -0.39 is 0 Å². The van der Waals surface area contributed by atoms with Crippen LogP contribution in [0, 0.1) is 6.92 Å². The highest BCUT2D eigenvalue weighted by molar-refractivity contribution is 6.30. The SMILES string of the molecule is Cc1cccc(NC(=O)COc2ccc(Cl)cc2/C=N/O)c1. The number of ether oxygens (including phenoxy) is 1. The van der Waals surface area contributed by atoms with Gasteiger partial charge in [0.15, 0.2) is 6.61 Å². The first kappa shape index (κ1) is 15.9. The fourth-order valence-electron chi connectivity index (χ4n) is 1.88.